The third-order valence-electron chi connectivity index (χ3n) is 4.53. The van der Waals surface area contributed by atoms with Gasteiger partial charge in [0.05, 0.1) is 0 Å². The predicted molar refractivity (Wildman–Crippen MR) is 93.9 cm³/mol. The number of piperidine rings is 1. The molecule has 1 N–H and O–H groups in total. The highest BCUT2D eigenvalue weighted by molar-refractivity contribution is 5.71. The first-order valence-corrected chi connectivity index (χ1v) is 8.34. The lowest BCUT2D eigenvalue weighted by Gasteiger charge is -2.33. The molecule has 1 aliphatic rings. The molecule has 2 heterocycles. The van der Waals surface area contributed by atoms with Crippen LogP contribution >= 0.6 is 0 Å². The molecule has 132 valence electrons. The van der Waals surface area contributed by atoms with Crippen molar-refractivity contribution in [1.29, 1.82) is 0 Å². The van der Waals surface area contributed by atoms with Crippen molar-refractivity contribution < 1.29 is 19.4 Å². The van der Waals surface area contributed by atoms with E-state index in [0.29, 0.717) is 11.7 Å². The second-order valence-corrected chi connectivity index (χ2v) is 6.06. The van der Waals surface area contributed by atoms with Crippen LogP contribution in [0, 0.1) is 0 Å². The summed E-state index contributed by atoms with van der Waals surface area (Å²) >= 11 is 0. The minimum absolute atomic E-state index is 0.493. The van der Waals surface area contributed by atoms with E-state index in [9.17, 15) is 4.79 Å². The summed E-state index contributed by atoms with van der Waals surface area (Å²) in [6.45, 7) is 2.02. The zero-order chi connectivity index (χ0) is 17.6. The minimum atomic E-state index is -1.28. The number of benzene rings is 1. The fourth-order valence-corrected chi connectivity index (χ4v) is 3.17. The van der Waals surface area contributed by atoms with Crippen LogP contribution < -0.4 is 9.64 Å². The molecule has 1 unspecified atom stereocenters. The molecule has 2 aromatic rings. The standard InChI is InChI=1S/C19H22N2O4/c1-24-19(18(22)23)25-17-4-2-14(3-5-17)15-8-12-21(13-9-15)16-6-10-20-11-7-16/h2-7,10-11,15,19H,8-9,12-13H2,1H3,(H,22,23). The number of aliphatic carboxylic acids is 1. The number of aromatic nitrogens is 1. The summed E-state index contributed by atoms with van der Waals surface area (Å²) in [6, 6.07) is 11.7. The van der Waals surface area contributed by atoms with Crippen LogP contribution in [0.3, 0.4) is 0 Å². The molecular formula is C19H22N2O4. The van der Waals surface area contributed by atoms with E-state index in [1.165, 1.54) is 18.4 Å². The molecule has 0 amide bonds. The summed E-state index contributed by atoms with van der Waals surface area (Å²) < 4.78 is 10.1. The maximum atomic E-state index is 10.9. The Hall–Kier alpha value is -2.60. The number of carbonyl (C=O) groups is 1. The Kier molecular flexibility index (Phi) is 5.50. The molecule has 0 bridgehead atoms. The van der Waals surface area contributed by atoms with Gasteiger partial charge < -0.3 is 19.5 Å². The van der Waals surface area contributed by atoms with E-state index < -0.39 is 12.3 Å². The summed E-state index contributed by atoms with van der Waals surface area (Å²) in [5, 5.41) is 8.95. The molecule has 1 aromatic heterocycles. The van der Waals surface area contributed by atoms with E-state index in [2.05, 4.69) is 9.88 Å². The van der Waals surface area contributed by atoms with Crippen LogP contribution in [-0.4, -0.2) is 42.5 Å². The maximum absolute atomic E-state index is 10.9. The van der Waals surface area contributed by atoms with Crippen molar-refractivity contribution in [3.8, 4) is 5.75 Å². The van der Waals surface area contributed by atoms with Gasteiger partial charge in [0.1, 0.15) is 5.75 Å². The molecular weight excluding hydrogens is 320 g/mol. The van der Waals surface area contributed by atoms with Crippen molar-refractivity contribution in [2.45, 2.75) is 25.0 Å². The first kappa shape index (κ1) is 17.2. The largest absolute Gasteiger partial charge is 0.477 e. The topological polar surface area (TPSA) is 71.9 Å². The second kappa shape index (κ2) is 7.98. The SMILES string of the molecule is COC(Oc1ccc(C2CCN(c3ccncc3)CC2)cc1)C(=O)O. The summed E-state index contributed by atoms with van der Waals surface area (Å²) in [6.07, 6.45) is 4.53. The number of anilines is 1. The monoisotopic (exact) mass is 342 g/mol. The van der Waals surface area contributed by atoms with Crippen molar-refractivity contribution in [3.63, 3.8) is 0 Å². The van der Waals surface area contributed by atoms with Gasteiger partial charge >= 0.3 is 5.97 Å². The van der Waals surface area contributed by atoms with Crippen molar-refractivity contribution in [2.75, 3.05) is 25.1 Å². The minimum Gasteiger partial charge on any atom is -0.477 e. The first-order chi connectivity index (χ1) is 12.2. The number of hydrogen-bond donors (Lipinski definition) is 1. The molecule has 25 heavy (non-hydrogen) atoms. The molecule has 6 heteroatoms. The Morgan fingerprint density at radius 2 is 1.80 bits per heavy atom. The molecule has 1 fully saturated rings. The number of hydrogen-bond acceptors (Lipinski definition) is 5. The summed E-state index contributed by atoms with van der Waals surface area (Å²) in [5.74, 6) is -0.146. The van der Waals surface area contributed by atoms with E-state index >= 15 is 0 Å². The molecule has 0 radical (unpaired) electrons. The average molecular weight is 342 g/mol. The van der Waals surface area contributed by atoms with Gasteiger partial charge in [0.2, 0.25) is 0 Å². The summed E-state index contributed by atoms with van der Waals surface area (Å²) in [7, 11) is 1.31. The van der Waals surface area contributed by atoms with Crippen molar-refractivity contribution >= 4 is 11.7 Å². The Balaban J connectivity index is 1.58. The highest BCUT2D eigenvalue weighted by Gasteiger charge is 2.22. The van der Waals surface area contributed by atoms with E-state index in [4.69, 9.17) is 14.6 Å². The van der Waals surface area contributed by atoms with Gasteiger partial charge in [0.15, 0.2) is 0 Å². The number of pyridine rings is 1. The zero-order valence-corrected chi connectivity index (χ0v) is 14.2. The Labute approximate surface area is 147 Å². The molecule has 3 rings (SSSR count). The predicted octanol–water partition coefficient (Wildman–Crippen LogP) is 2.90. The van der Waals surface area contributed by atoms with E-state index in [1.807, 2.05) is 36.7 Å². The third kappa shape index (κ3) is 4.28. The van der Waals surface area contributed by atoms with Gasteiger partial charge in [-0.3, -0.25) is 4.98 Å². The molecule has 1 aliphatic heterocycles. The Morgan fingerprint density at radius 1 is 1.16 bits per heavy atom. The molecule has 0 aliphatic carbocycles. The summed E-state index contributed by atoms with van der Waals surface area (Å²) in [5.41, 5.74) is 2.47. The van der Waals surface area contributed by atoms with Crippen LogP contribution in [-0.2, 0) is 9.53 Å². The number of methoxy groups -OCH3 is 1. The van der Waals surface area contributed by atoms with Crippen molar-refractivity contribution in [3.05, 3.63) is 54.4 Å². The van der Waals surface area contributed by atoms with Gasteiger partial charge in [-0.1, -0.05) is 12.1 Å². The van der Waals surface area contributed by atoms with Gasteiger partial charge in [0.25, 0.3) is 6.29 Å². The molecule has 0 spiro atoms. The van der Waals surface area contributed by atoms with Gasteiger partial charge in [-0.05, 0) is 48.6 Å². The smallest absolute Gasteiger partial charge is 0.373 e. The summed E-state index contributed by atoms with van der Waals surface area (Å²) in [4.78, 5) is 17.4. The molecule has 1 atom stereocenters. The number of carboxylic acids is 1. The maximum Gasteiger partial charge on any atom is 0.373 e. The number of nitrogens with zero attached hydrogens (tertiary/aromatic N) is 2. The number of carboxylic acid groups (broad SMARTS) is 1. The number of rotatable bonds is 6. The van der Waals surface area contributed by atoms with Crippen LogP contribution in [0.5, 0.6) is 5.75 Å². The highest BCUT2D eigenvalue weighted by Crippen LogP contribution is 2.31. The van der Waals surface area contributed by atoms with Gasteiger partial charge in [-0.2, -0.15) is 0 Å². The second-order valence-electron chi connectivity index (χ2n) is 6.06. The van der Waals surface area contributed by atoms with Gasteiger partial charge in [0, 0.05) is 38.3 Å². The van der Waals surface area contributed by atoms with Crippen molar-refractivity contribution in [2.24, 2.45) is 0 Å². The lowest BCUT2D eigenvalue weighted by atomic mass is 9.89. The number of ether oxygens (including phenoxy) is 2. The van der Waals surface area contributed by atoms with E-state index in [-0.39, 0.29) is 0 Å². The molecule has 1 saturated heterocycles. The fraction of sp³-hybridized carbons (Fsp3) is 0.368. The fourth-order valence-electron chi connectivity index (χ4n) is 3.17. The van der Waals surface area contributed by atoms with E-state index in [1.54, 1.807) is 12.1 Å². The Morgan fingerprint density at radius 3 is 2.36 bits per heavy atom. The quantitative estimate of drug-likeness (QED) is 0.814. The van der Waals surface area contributed by atoms with Crippen LogP contribution in [0.15, 0.2) is 48.8 Å². The van der Waals surface area contributed by atoms with Crippen LogP contribution in [0.2, 0.25) is 0 Å². The van der Waals surface area contributed by atoms with Crippen LogP contribution in [0.25, 0.3) is 0 Å². The highest BCUT2D eigenvalue weighted by atomic mass is 16.7. The van der Waals surface area contributed by atoms with Crippen LogP contribution in [0.1, 0.15) is 24.3 Å². The zero-order valence-electron chi connectivity index (χ0n) is 14.2. The lowest BCUT2D eigenvalue weighted by molar-refractivity contribution is -0.166. The third-order valence-corrected chi connectivity index (χ3v) is 4.53. The van der Waals surface area contributed by atoms with Crippen LogP contribution in [0.4, 0.5) is 5.69 Å². The molecule has 0 saturated carbocycles. The van der Waals surface area contributed by atoms with Gasteiger partial charge in [-0.25, -0.2) is 4.79 Å². The van der Waals surface area contributed by atoms with Crippen molar-refractivity contribution in [1.82, 2.24) is 4.98 Å². The Bertz CT molecular complexity index is 682. The van der Waals surface area contributed by atoms with E-state index in [0.717, 1.165) is 25.9 Å². The average Bonchev–Trinajstić information content (AvgIpc) is 2.67. The molecule has 6 nitrogen and oxygen atoms in total. The molecule has 1 aromatic carbocycles. The van der Waals surface area contributed by atoms with Gasteiger partial charge in [-0.15, -0.1) is 0 Å². The normalized spacial score (nSPS) is 16.4. The first-order valence-electron chi connectivity index (χ1n) is 8.34. The lowest BCUT2D eigenvalue weighted by Crippen LogP contribution is -2.32.